The van der Waals surface area contributed by atoms with Gasteiger partial charge in [0.2, 0.25) is 0 Å². The van der Waals surface area contributed by atoms with Crippen molar-refractivity contribution in [3.05, 3.63) is 99.5 Å². The number of ether oxygens (including phenoxy) is 1. The van der Waals surface area contributed by atoms with Crippen LogP contribution in [0.25, 0.3) is 0 Å². The summed E-state index contributed by atoms with van der Waals surface area (Å²) in [5.74, 6) is -1.56. The molecule has 0 aromatic heterocycles. The van der Waals surface area contributed by atoms with E-state index in [1.54, 1.807) is 6.07 Å². The Kier molecular flexibility index (Phi) is 7.08. The lowest BCUT2D eigenvalue weighted by Gasteiger charge is -2.34. The van der Waals surface area contributed by atoms with Gasteiger partial charge in [-0.3, -0.25) is 9.79 Å². The molecule has 0 unspecified atom stereocenters. The molecule has 3 heterocycles. The van der Waals surface area contributed by atoms with E-state index in [0.29, 0.717) is 54.4 Å². The van der Waals surface area contributed by atoms with E-state index in [0.717, 1.165) is 67.8 Å². The number of nitrogens with one attached hydrogen (secondary N) is 1. The molecule has 0 bridgehead atoms. The Bertz CT molecular complexity index is 1600. The van der Waals surface area contributed by atoms with E-state index < -0.39 is 23.6 Å². The van der Waals surface area contributed by atoms with Gasteiger partial charge in [0.1, 0.15) is 17.5 Å². The second-order valence-corrected chi connectivity index (χ2v) is 11.2. The molecule has 1 amide bonds. The Morgan fingerprint density at radius 3 is 2.56 bits per heavy atom. The Morgan fingerprint density at radius 2 is 1.80 bits per heavy atom. The van der Waals surface area contributed by atoms with E-state index in [2.05, 4.69) is 27.2 Å². The molecule has 3 aliphatic heterocycles. The van der Waals surface area contributed by atoms with E-state index in [-0.39, 0.29) is 24.4 Å². The fourth-order valence-electron chi connectivity index (χ4n) is 5.79. The number of piperazine rings is 1. The third-order valence-electron chi connectivity index (χ3n) is 8.19. The Hall–Kier alpha value is -3.62. The van der Waals surface area contributed by atoms with Gasteiger partial charge in [-0.1, -0.05) is 12.1 Å². The van der Waals surface area contributed by atoms with Crippen LogP contribution in [0.1, 0.15) is 55.1 Å². The standard InChI is InChI=1S/C33H36F2N4O2/c1-38-8-10-39(11-9-38)29-4-5-30(26(19-29)15-22-6-12-41-13-7-22)33(40)37-32-31-18-23(2-3-25(31)21-36-32)14-24-16-27(34)20-28(35)17-24/h2-5,16-20,22H,6-15,21H2,1H3,(H,36,37,40)/i4D,19D,20D. The molecule has 3 aliphatic rings. The van der Waals surface area contributed by atoms with Crippen LogP contribution in [0.5, 0.6) is 0 Å². The molecule has 0 aliphatic carbocycles. The molecule has 3 aromatic carbocycles. The molecule has 0 radical (unpaired) electrons. The van der Waals surface area contributed by atoms with Crippen LogP contribution in [0, 0.1) is 17.6 Å². The second kappa shape index (κ2) is 12.1. The van der Waals surface area contributed by atoms with Crippen molar-refractivity contribution < 1.29 is 22.4 Å². The lowest BCUT2D eigenvalue weighted by molar-refractivity contribution is 0.0664. The first-order valence-corrected chi connectivity index (χ1v) is 14.2. The zero-order valence-electron chi connectivity index (χ0n) is 26.2. The second-order valence-electron chi connectivity index (χ2n) is 11.2. The highest BCUT2D eigenvalue weighted by Gasteiger charge is 2.24. The maximum Gasteiger partial charge on any atom is 0.257 e. The minimum Gasteiger partial charge on any atom is -0.381 e. The summed E-state index contributed by atoms with van der Waals surface area (Å²) in [5, 5.41) is 2.96. The van der Waals surface area contributed by atoms with Crippen molar-refractivity contribution in [2.75, 3.05) is 51.3 Å². The molecule has 2 saturated heterocycles. The number of fused-ring (bicyclic) bond motifs is 1. The minimum absolute atomic E-state index is 0.162. The lowest BCUT2D eigenvalue weighted by atomic mass is 9.89. The highest BCUT2D eigenvalue weighted by atomic mass is 19.1. The number of likely N-dealkylation sites (N-methyl/N-ethyl adjacent to an activating group) is 1. The van der Waals surface area contributed by atoms with Crippen LogP contribution in [-0.2, 0) is 24.1 Å². The average Bonchev–Trinajstić information content (AvgIpc) is 3.40. The first-order chi connectivity index (χ1) is 21.2. The number of benzene rings is 3. The van der Waals surface area contributed by atoms with Gasteiger partial charge in [0.05, 0.1) is 10.7 Å². The normalized spacial score (nSPS) is 18.9. The molecule has 3 aromatic rings. The molecule has 0 atom stereocenters. The summed E-state index contributed by atoms with van der Waals surface area (Å²) in [6.07, 6.45) is 2.52. The van der Waals surface area contributed by atoms with Crippen molar-refractivity contribution in [2.24, 2.45) is 10.9 Å². The fourth-order valence-corrected chi connectivity index (χ4v) is 5.79. The van der Waals surface area contributed by atoms with Gasteiger partial charge in [0.15, 0.2) is 0 Å². The summed E-state index contributed by atoms with van der Waals surface area (Å²) in [6.45, 7) is 4.83. The predicted molar refractivity (Wildman–Crippen MR) is 157 cm³/mol. The highest BCUT2D eigenvalue weighted by Crippen LogP contribution is 2.28. The molecular weight excluding hydrogens is 522 g/mol. The molecule has 214 valence electrons. The van der Waals surface area contributed by atoms with Gasteiger partial charge in [0, 0.05) is 62.2 Å². The van der Waals surface area contributed by atoms with Crippen LogP contribution >= 0.6 is 0 Å². The minimum atomic E-state index is -0.909. The van der Waals surface area contributed by atoms with E-state index in [1.807, 2.05) is 18.2 Å². The van der Waals surface area contributed by atoms with Crippen molar-refractivity contribution >= 4 is 17.4 Å². The van der Waals surface area contributed by atoms with Crippen molar-refractivity contribution in [3.8, 4) is 0 Å². The Balaban J connectivity index is 1.28. The number of carbonyl (C=O) groups is 1. The first kappa shape index (κ1) is 24.0. The molecule has 1 N–H and O–H groups in total. The van der Waals surface area contributed by atoms with Gasteiger partial charge >= 0.3 is 0 Å². The number of rotatable bonds is 6. The Morgan fingerprint density at radius 1 is 1.05 bits per heavy atom. The van der Waals surface area contributed by atoms with E-state index in [4.69, 9.17) is 7.48 Å². The average molecular weight is 562 g/mol. The van der Waals surface area contributed by atoms with Crippen molar-refractivity contribution in [1.82, 2.24) is 10.2 Å². The summed E-state index contributed by atoms with van der Waals surface area (Å²) in [5.41, 5.74) is 4.37. The van der Waals surface area contributed by atoms with Crippen LogP contribution in [0.2, 0.25) is 0 Å². The smallest absolute Gasteiger partial charge is 0.257 e. The summed E-state index contributed by atoms with van der Waals surface area (Å²) >= 11 is 0. The van der Waals surface area contributed by atoms with Crippen LogP contribution in [-0.4, -0.2) is 63.1 Å². The van der Waals surface area contributed by atoms with E-state index in [9.17, 15) is 14.9 Å². The SMILES string of the molecule is [2H]c1cc(C(=O)NC2=NCc3ccc(Cc4cc(F)c([2H])c(F)c4)cc32)c(CC2CCOCC2)c([2H])c1N1CCN(C)CC1. The predicted octanol–water partition coefficient (Wildman–Crippen LogP) is 4.97. The largest absolute Gasteiger partial charge is 0.381 e. The van der Waals surface area contributed by atoms with Crippen LogP contribution in [0.4, 0.5) is 14.5 Å². The topological polar surface area (TPSA) is 57.2 Å². The number of carbonyl (C=O) groups excluding carboxylic acids is 1. The zero-order valence-corrected chi connectivity index (χ0v) is 23.2. The van der Waals surface area contributed by atoms with Crippen LogP contribution < -0.4 is 10.2 Å². The van der Waals surface area contributed by atoms with Gasteiger partial charge in [-0.25, -0.2) is 8.78 Å². The zero-order chi connectivity index (χ0) is 31.0. The number of halogens is 2. The molecule has 6 rings (SSSR count). The van der Waals surface area contributed by atoms with Gasteiger partial charge in [-0.05, 0) is 97.3 Å². The number of hydrogen-bond acceptors (Lipinski definition) is 5. The van der Waals surface area contributed by atoms with Gasteiger partial charge in [-0.2, -0.15) is 0 Å². The molecule has 8 heteroatoms. The molecule has 0 spiro atoms. The van der Waals surface area contributed by atoms with Gasteiger partial charge in [0.25, 0.3) is 5.91 Å². The lowest BCUT2D eigenvalue weighted by Crippen LogP contribution is -2.44. The third-order valence-corrected chi connectivity index (χ3v) is 8.19. The molecule has 2 fully saturated rings. The third kappa shape index (κ3) is 6.49. The maximum atomic E-state index is 14.0. The number of amides is 1. The highest BCUT2D eigenvalue weighted by molar-refractivity contribution is 6.14. The number of aliphatic imine (C=N–C) groups is 1. The van der Waals surface area contributed by atoms with Gasteiger partial charge < -0.3 is 19.9 Å². The molecule has 41 heavy (non-hydrogen) atoms. The maximum absolute atomic E-state index is 14.0. The number of hydrogen-bond donors (Lipinski definition) is 1. The summed E-state index contributed by atoms with van der Waals surface area (Å²) in [7, 11) is 2.06. The Labute approximate surface area is 244 Å². The molecule has 6 nitrogen and oxygen atoms in total. The monoisotopic (exact) mass is 561 g/mol. The molecular formula is C33H36F2N4O2. The number of nitrogens with zero attached hydrogens (tertiary/aromatic N) is 3. The summed E-state index contributed by atoms with van der Waals surface area (Å²) in [4.78, 5) is 22.8. The van der Waals surface area contributed by atoms with Crippen molar-refractivity contribution in [2.45, 2.75) is 32.2 Å². The number of amidine groups is 1. The van der Waals surface area contributed by atoms with Gasteiger partial charge in [-0.15, -0.1) is 0 Å². The summed E-state index contributed by atoms with van der Waals surface area (Å²) < 4.78 is 59.0. The van der Waals surface area contributed by atoms with E-state index in [1.165, 1.54) is 0 Å². The van der Waals surface area contributed by atoms with Crippen LogP contribution in [0.15, 0.2) is 59.5 Å². The van der Waals surface area contributed by atoms with Crippen molar-refractivity contribution in [3.63, 3.8) is 0 Å². The quantitative estimate of drug-likeness (QED) is 0.462. The molecule has 0 saturated carbocycles. The number of anilines is 1. The van der Waals surface area contributed by atoms with E-state index >= 15 is 0 Å². The van der Waals surface area contributed by atoms with Crippen LogP contribution in [0.3, 0.4) is 0 Å². The summed E-state index contributed by atoms with van der Waals surface area (Å²) in [6, 6.07) is 9.20. The van der Waals surface area contributed by atoms with Crippen molar-refractivity contribution in [1.29, 1.82) is 0 Å². The fraction of sp³-hybridized carbons (Fsp3) is 0.394. The first-order valence-electron chi connectivity index (χ1n) is 15.7.